The van der Waals surface area contributed by atoms with E-state index in [0.717, 1.165) is 19.0 Å². The lowest BCUT2D eigenvalue weighted by atomic mass is 9.86. The molecule has 18 heavy (non-hydrogen) atoms. The molecule has 0 amide bonds. The molecule has 1 atom stereocenters. The second-order valence-corrected chi connectivity index (χ2v) is 5.75. The number of rotatable bonds is 6. The van der Waals surface area contributed by atoms with Crippen LogP contribution < -0.4 is 5.32 Å². The Labute approximate surface area is 112 Å². The molecule has 0 heterocycles. The molecule has 1 fully saturated rings. The second kappa shape index (κ2) is 6.94. The van der Waals surface area contributed by atoms with Crippen molar-refractivity contribution in [3.05, 3.63) is 35.4 Å². The highest BCUT2D eigenvalue weighted by atomic mass is 14.8. The van der Waals surface area contributed by atoms with Gasteiger partial charge in [-0.05, 0) is 42.9 Å². The molecule has 1 saturated carbocycles. The zero-order valence-electron chi connectivity index (χ0n) is 11.9. The Morgan fingerprint density at radius 3 is 2.61 bits per heavy atom. The number of benzene rings is 1. The van der Waals surface area contributed by atoms with E-state index in [1.165, 1.54) is 37.7 Å². The number of hydrogen-bond donors (Lipinski definition) is 1. The van der Waals surface area contributed by atoms with Crippen molar-refractivity contribution < 1.29 is 0 Å². The summed E-state index contributed by atoms with van der Waals surface area (Å²) >= 11 is 0. The van der Waals surface area contributed by atoms with Crippen LogP contribution in [0.15, 0.2) is 24.3 Å². The molecule has 1 aromatic rings. The Balaban J connectivity index is 2.06. The molecule has 1 aliphatic carbocycles. The van der Waals surface area contributed by atoms with Crippen molar-refractivity contribution >= 4 is 0 Å². The van der Waals surface area contributed by atoms with Crippen LogP contribution in [-0.2, 0) is 0 Å². The van der Waals surface area contributed by atoms with E-state index in [2.05, 4.69) is 43.4 Å². The van der Waals surface area contributed by atoms with Gasteiger partial charge >= 0.3 is 0 Å². The molecule has 0 saturated heterocycles. The van der Waals surface area contributed by atoms with Crippen LogP contribution in [0.5, 0.6) is 0 Å². The molecule has 1 nitrogen and oxygen atoms in total. The highest BCUT2D eigenvalue weighted by Gasteiger charge is 2.21. The third-order valence-electron chi connectivity index (χ3n) is 4.36. The van der Waals surface area contributed by atoms with E-state index in [4.69, 9.17) is 0 Å². The van der Waals surface area contributed by atoms with Crippen LogP contribution in [0.2, 0.25) is 0 Å². The summed E-state index contributed by atoms with van der Waals surface area (Å²) in [6, 6.07) is 8.92. The van der Waals surface area contributed by atoms with Crippen molar-refractivity contribution in [2.45, 2.75) is 51.9 Å². The maximum absolute atomic E-state index is 3.55. The summed E-state index contributed by atoms with van der Waals surface area (Å²) in [6.07, 6.45) is 7.18. The summed E-state index contributed by atoms with van der Waals surface area (Å²) in [6.45, 7) is 6.66. The predicted molar refractivity (Wildman–Crippen MR) is 79.0 cm³/mol. The van der Waals surface area contributed by atoms with Gasteiger partial charge in [0.2, 0.25) is 0 Å². The molecule has 0 spiro atoms. The lowest BCUT2D eigenvalue weighted by molar-refractivity contribution is 0.429. The Kier molecular flexibility index (Phi) is 5.25. The maximum atomic E-state index is 3.55. The quantitative estimate of drug-likeness (QED) is 0.789. The number of likely N-dealkylation sites (N-methyl/N-ethyl adjacent to an activating group) is 1. The van der Waals surface area contributed by atoms with Gasteiger partial charge in [0, 0.05) is 6.54 Å². The average Bonchev–Trinajstić information content (AvgIpc) is 2.88. The van der Waals surface area contributed by atoms with Crippen molar-refractivity contribution in [1.29, 1.82) is 0 Å². The average molecular weight is 245 g/mol. The third-order valence-corrected chi connectivity index (χ3v) is 4.36. The largest absolute Gasteiger partial charge is 0.316 e. The van der Waals surface area contributed by atoms with Gasteiger partial charge in [-0.3, -0.25) is 0 Å². The topological polar surface area (TPSA) is 12.0 Å². The van der Waals surface area contributed by atoms with Crippen molar-refractivity contribution in [3.8, 4) is 0 Å². The van der Waals surface area contributed by atoms with E-state index in [1.54, 1.807) is 5.56 Å². The zero-order valence-corrected chi connectivity index (χ0v) is 11.9. The van der Waals surface area contributed by atoms with Crippen LogP contribution in [0.1, 0.15) is 56.1 Å². The van der Waals surface area contributed by atoms with E-state index < -0.39 is 0 Å². The first-order chi connectivity index (χ1) is 8.81. The van der Waals surface area contributed by atoms with E-state index in [1.807, 2.05) is 0 Å². The van der Waals surface area contributed by atoms with Crippen LogP contribution in [0.25, 0.3) is 0 Å². The number of aryl methyl sites for hydroxylation is 1. The van der Waals surface area contributed by atoms with Gasteiger partial charge in [0.25, 0.3) is 0 Å². The summed E-state index contributed by atoms with van der Waals surface area (Å²) in [5, 5.41) is 3.55. The molecular formula is C17H27N. The molecule has 0 radical (unpaired) electrons. The molecule has 1 heteroatoms. The summed E-state index contributed by atoms with van der Waals surface area (Å²) in [5.41, 5.74) is 3.02. The van der Waals surface area contributed by atoms with Crippen LogP contribution >= 0.6 is 0 Å². The SMILES string of the molecule is CCNCC(CC1CCCC1)c1ccccc1C. The van der Waals surface area contributed by atoms with E-state index in [-0.39, 0.29) is 0 Å². The Morgan fingerprint density at radius 2 is 1.94 bits per heavy atom. The molecule has 0 aromatic heterocycles. The summed E-state index contributed by atoms with van der Waals surface area (Å²) in [5.74, 6) is 1.67. The maximum Gasteiger partial charge on any atom is 0.00202 e. The van der Waals surface area contributed by atoms with Gasteiger partial charge in [0.1, 0.15) is 0 Å². The third kappa shape index (κ3) is 3.58. The van der Waals surface area contributed by atoms with Crippen LogP contribution in [0.3, 0.4) is 0 Å². The molecule has 2 rings (SSSR count). The molecular weight excluding hydrogens is 218 g/mol. The first-order valence-corrected chi connectivity index (χ1v) is 7.57. The first kappa shape index (κ1) is 13.6. The zero-order chi connectivity index (χ0) is 12.8. The van der Waals surface area contributed by atoms with Gasteiger partial charge in [0.15, 0.2) is 0 Å². The van der Waals surface area contributed by atoms with Gasteiger partial charge in [-0.25, -0.2) is 0 Å². The minimum absolute atomic E-state index is 0.703. The van der Waals surface area contributed by atoms with E-state index >= 15 is 0 Å². The molecule has 1 aliphatic rings. The fraction of sp³-hybridized carbons (Fsp3) is 0.647. The summed E-state index contributed by atoms with van der Waals surface area (Å²) in [7, 11) is 0. The van der Waals surface area contributed by atoms with Crippen molar-refractivity contribution in [1.82, 2.24) is 5.32 Å². The van der Waals surface area contributed by atoms with Crippen LogP contribution in [0.4, 0.5) is 0 Å². The molecule has 0 bridgehead atoms. The lowest BCUT2D eigenvalue weighted by Crippen LogP contribution is -2.23. The standard InChI is InChI=1S/C17H27N/c1-3-18-13-16(12-15-9-5-6-10-15)17-11-7-4-8-14(17)2/h4,7-8,11,15-16,18H,3,5-6,9-10,12-13H2,1-2H3. The van der Waals surface area contributed by atoms with E-state index in [9.17, 15) is 0 Å². The van der Waals surface area contributed by atoms with Gasteiger partial charge in [-0.15, -0.1) is 0 Å². The molecule has 100 valence electrons. The van der Waals surface area contributed by atoms with Gasteiger partial charge in [0.05, 0.1) is 0 Å². The van der Waals surface area contributed by atoms with Crippen molar-refractivity contribution in [2.75, 3.05) is 13.1 Å². The second-order valence-electron chi connectivity index (χ2n) is 5.75. The lowest BCUT2D eigenvalue weighted by Gasteiger charge is -2.23. The number of hydrogen-bond acceptors (Lipinski definition) is 1. The molecule has 0 aliphatic heterocycles. The smallest absolute Gasteiger partial charge is 0.00202 e. The monoisotopic (exact) mass is 245 g/mol. The summed E-state index contributed by atoms with van der Waals surface area (Å²) < 4.78 is 0. The van der Waals surface area contributed by atoms with Crippen LogP contribution in [-0.4, -0.2) is 13.1 Å². The normalized spacial score (nSPS) is 18.1. The van der Waals surface area contributed by atoms with E-state index in [0.29, 0.717) is 5.92 Å². The fourth-order valence-corrected chi connectivity index (χ4v) is 3.33. The highest BCUT2D eigenvalue weighted by Crippen LogP contribution is 2.34. The summed E-state index contributed by atoms with van der Waals surface area (Å²) in [4.78, 5) is 0. The Hall–Kier alpha value is -0.820. The minimum atomic E-state index is 0.703. The van der Waals surface area contributed by atoms with Gasteiger partial charge in [-0.1, -0.05) is 56.9 Å². The molecule has 1 N–H and O–H groups in total. The minimum Gasteiger partial charge on any atom is -0.316 e. The van der Waals surface area contributed by atoms with Crippen LogP contribution in [0, 0.1) is 12.8 Å². The van der Waals surface area contributed by atoms with Gasteiger partial charge in [-0.2, -0.15) is 0 Å². The Morgan fingerprint density at radius 1 is 1.22 bits per heavy atom. The predicted octanol–water partition coefficient (Wildman–Crippen LogP) is 4.27. The Bertz CT molecular complexity index is 352. The van der Waals surface area contributed by atoms with Crippen molar-refractivity contribution in [2.24, 2.45) is 5.92 Å². The number of nitrogens with one attached hydrogen (secondary N) is 1. The fourth-order valence-electron chi connectivity index (χ4n) is 3.33. The molecule has 1 aromatic carbocycles. The highest BCUT2D eigenvalue weighted by molar-refractivity contribution is 5.29. The molecule has 1 unspecified atom stereocenters. The van der Waals surface area contributed by atoms with Crippen molar-refractivity contribution in [3.63, 3.8) is 0 Å². The first-order valence-electron chi connectivity index (χ1n) is 7.57. The van der Waals surface area contributed by atoms with Gasteiger partial charge < -0.3 is 5.32 Å².